The van der Waals surface area contributed by atoms with Gasteiger partial charge < -0.3 is 10.6 Å². The number of amides is 1. The van der Waals surface area contributed by atoms with Crippen molar-refractivity contribution in [3.8, 4) is 0 Å². The molecule has 1 amide bonds. The van der Waals surface area contributed by atoms with Gasteiger partial charge in [0.05, 0.1) is 6.04 Å². The van der Waals surface area contributed by atoms with Gasteiger partial charge in [-0.3, -0.25) is 4.79 Å². The summed E-state index contributed by atoms with van der Waals surface area (Å²) in [7, 11) is 0. The van der Waals surface area contributed by atoms with Crippen molar-refractivity contribution >= 4 is 17.7 Å². The molecule has 3 nitrogen and oxygen atoms in total. The third-order valence-corrected chi connectivity index (χ3v) is 5.22. The van der Waals surface area contributed by atoms with Gasteiger partial charge >= 0.3 is 0 Å². The molecule has 2 atom stereocenters. The zero-order chi connectivity index (χ0) is 16.2. The average Bonchev–Trinajstić information content (AvgIpc) is 2.47. The molecule has 0 saturated carbocycles. The lowest BCUT2D eigenvalue weighted by Crippen LogP contribution is -2.41. The Morgan fingerprint density at radius 2 is 2.05 bits per heavy atom. The minimum Gasteiger partial charge on any atom is -0.350 e. The minimum absolute atomic E-state index is 0.0535. The van der Waals surface area contributed by atoms with Gasteiger partial charge in [-0.05, 0) is 23.5 Å². The van der Waals surface area contributed by atoms with E-state index in [2.05, 4.69) is 55.7 Å². The molecule has 0 spiro atoms. The van der Waals surface area contributed by atoms with Gasteiger partial charge in [-0.15, -0.1) is 0 Å². The highest BCUT2D eigenvalue weighted by molar-refractivity contribution is 7.99. The van der Waals surface area contributed by atoms with E-state index < -0.39 is 0 Å². The molecule has 0 bridgehead atoms. The van der Waals surface area contributed by atoms with Crippen molar-refractivity contribution in [3.05, 3.63) is 35.4 Å². The van der Waals surface area contributed by atoms with Gasteiger partial charge in [0.25, 0.3) is 0 Å². The summed E-state index contributed by atoms with van der Waals surface area (Å²) >= 11 is 1.92. The van der Waals surface area contributed by atoms with Crippen LogP contribution in [0.5, 0.6) is 0 Å². The van der Waals surface area contributed by atoms with Crippen LogP contribution in [0.4, 0.5) is 0 Å². The van der Waals surface area contributed by atoms with Crippen molar-refractivity contribution in [2.45, 2.75) is 51.6 Å². The smallest absolute Gasteiger partial charge is 0.222 e. The molecule has 22 heavy (non-hydrogen) atoms. The molecule has 1 aromatic carbocycles. The van der Waals surface area contributed by atoms with Crippen LogP contribution in [0.25, 0.3) is 0 Å². The fraction of sp³-hybridized carbons (Fsp3) is 0.611. The molecule has 1 heterocycles. The normalized spacial score (nSPS) is 20.5. The second-order valence-corrected chi connectivity index (χ2v) is 8.24. The van der Waals surface area contributed by atoms with Crippen LogP contribution < -0.4 is 10.6 Å². The largest absolute Gasteiger partial charge is 0.350 e. The van der Waals surface area contributed by atoms with Crippen LogP contribution in [0.15, 0.2) is 24.3 Å². The number of rotatable bonds is 4. The molecule has 1 aromatic rings. The zero-order valence-electron chi connectivity index (χ0n) is 14.1. The molecule has 4 heteroatoms. The highest BCUT2D eigenvalue weighted by Gasteiger charge is 2.19. The number of carbonyl (C=O) groups is 1. The Morgan fingerprint density at radius 3 is 2.59 bits per heavy atom. The molecule has 0 aliphatic carbocycles. The summed E-state index contributed by atoms with van der Waals surface area (Å²) in [6, 6.07) is 8.95. The second-order valence-electron chi connectivity index (χ2n) is 7.09. The van der Waals surface area contributed by atoms with Crippen molar-refractivity contribution < 1.29 is 4.79 Å². The summed E-state index contributed by atoms with van der Waals surface area (Å²) < 4.78 is 0. The highest BCUT2D eigenvalue weighted by atomic mass is 32.2. The lowest BCUT2D eigenvalue weighted by molar-refractivity contribution is -0.122. The van der Waals surface area contributed by atoms with E-state index in [0.717, 1.165) is 23.6 Å². The van der Waals surface area contributed by atoms with E-state index in [1.54, 1.807) is 0 Å². The van der Waals surface area contributed by atoms with E-state index >= 15 is 0 Å². The van der Waals surface area contributed by atoms with Gasteiger partial charge in [0.15, 0.2) is 0 Å². The monoisotopic (exact) mass is 320 g/mol. The number of nitrogens with one attached hydrogen (secondary N) is 2. The summed E-state index contributed by atoms with van der Waals surface area (Å²) in [5.74, 6) is 2.31. The second kappa shape index (κ2) is 7.51. The molecule has 0 aromatic heterocycles. The van der Waals surface area contributed by atoms with Crippen LogP contribution >= 0.6 is 11.8 Å². The van der Waals surface area contributed by atoms with Gasteiger partial charge in [-0.25, -0.2) is 0 Å². The Balaban J connectivity index is 1.88. The fourth-order valence-corrected chi connectivity index (χ4v) is 3.58. The average molecular weight is 321 g/mol. The predicted octanol–water partition coefficient (Wildman–Crippen LogP) is 3.26. The minimum atomic E-state index is 0.0535. The zero-order valence-corrected chi connectivity index (χ0v) is 14.9. The SMILES string of the molecule is CC(NC(=O)CC1CSCCN1)c1ccc(C(C)(C)C)cc1. The van der Waals surface area contributed by atoms with E-state index in [0.29, 0.717) is 12.5 Å². The molecule has 1 aliphatic rings. The number of thioether (sulfide) groups is 1. The molecule has 2 rings (SSSR count). The van der Waals surface area contributed by atoms with E-state index in [9.17, 15) is 4.79 Å². The summed E-state index contributed by atoms with van der Waals surface area (Å²) in [6.07, 6.45) is 0.567. The molecule has 1 saturated heterocycles. The molecule has 2 N–H and O–H groups in total. The lowest BCUT2D eigenvalue weighted by atomic mass is 9.86. The summed E-state index contributed by atoms with van der Waals surface area (Å²) in [5.41, 5.74) is 2.64. The number of hydrogen-bond donors (Lipinski definition) is 2. The lowest BCUT2D eigenvalue weighted by Gasteiger charge is -2.24. The van der Waals surface area contributed by atoms with Crippen LogP contribution in [0, 0.1) is 0 Å². The first-order chi connectivity index (χ1) is 10.4. The van der Waals surface area contributed by atoms with Gasteiger partial charge in [0.1, 0.15) is 0 Å². The molecule has 122 valence electrons. The quantitative estimate of drug-likeness (QED) is 0.895. The van der Waals surface area contributed by atoms with Gasteiger partial charge in [0, 0.05) is 30.5 Å². The van der Waals surface area contributed by atoms with E-state index in [1.807, 2.05) is 18.7 Å². The maximum absolute atomic E-state index is 12.2. The number of benzene rings is 1. The van der Waals surface area contributed by atoms with E-state index in [1.165, 1.54) is 5.56 Å². The first-order valence-electron chi connectivity index (χ1n) is 8.07. The van der Waals surface area contributed by atoms with Crippen molar-refractivity contribution in [1.29, 1.82) is 0 Å². The molecule has 1 fully saturated rings. The Labute approximate surface area is 138 Å². The number of carbonyl (C=O) groups excluding carboxylic acids is 1. The first kappa shape index (κ1) is 17.4. The van der Waals surface area contributed by atoms with Crippen LogP contribution in [-0.4, -0.2) is 30.0 Å². The number of hydrogen-bond acceptors (Lipinski definition) is 3. The van der Waals surface area contributed by atoms with Gasteiger partial charge in [-0.2, -0.15) is 11.8 Å². The van der Waals surface area contributed by atoms with Crippen molar-refractivity contribution in [3.63, 3.8) is 0 Å². The van der Waals surface area contributed by atoms with Gasteiger partial charge in [0.2, 0.25) is 5.91 Å². The van der Waals surface area contributed by atoms with Crippen LogP contribution in [0.1, 0.15) is 51.3 Å². The summed E-state index contributed by atoms with van der Waals surface area (Å²) in [6.45, 7) is 9.69. The van der Waals surface area contributed by atoms with Crippen molar-refractivity contribution in [2.24, 2.45) is 0 Å². The summed E-state index contributed by atoms with van der Waals surface area (Å²) in [4.78, 5) is 12.2. The molecular formula is C18H28N2OS. The third-order valence-electron chi connectivity index (χ3n) is 4.08. The molecule has 0 radical (unpaired) electrons. The van der Waals surface area contributed by atoms with Crippen LogP contribution in [0.2, 0.25) is 0 Å². The maximum Gasteiger partial charge on any atom is 0.222 e. The Morgan fingerprint density at radius 1 is 1.36 bits per heavy atom. The van der Waals surface area contributed by atoms with Crippen LogP contribution in [0.3, 0.4) is 0 Å². The van der Waals surface area contributed by atoms with Crippen molar-refractivity contribution in [2.75, 3.05) is 18.1 Å². The molecule has 1 aliphatic heterocycles. The van der Waals surface area contributed by atoms with Crippen molar-refractivity contribution in [1.82, 2.24) is 10.6 Å². The fourth-order valence-electron chi connectivity index (χ4n) is 2.63. The summed E-state index contributed by atoms with van der Waals surface area (Å²) in [5, 5.41) is 6.52. The van der Waals surface area contributed by atoms with Crippen LogP contribution in [-0.2, 0) is 10.2 Å². The topological polar surface area (TPSA) is 41.1 Å². The van der Waals surface area contributed by atoms with E-state index in [4.69, 9.17) is 0 Å². The predicted molar refractivity (Wildman–Crippen MR) is 95.4 cm³/mol. The highest BCUT2D eigenvalue weighted by Crippen LogP contribution is 2.24. The van der Waals surface area contributed by atoms with Gasteiger partial charge in [-0.1, -0.05) is 45.0 Å². The van der Waals surface area contributed by atoms with E-state index in [-0.39, 0.29) is 17.4 Å². The maximum atomic E-state index is 12.2. The first-order valence-corrected chi connectivity index (χ1v) is 9.22. The standard InChI is InChI=1S/C18H28N2OS/c1-13(14-5-7-15(8-6-14)18(2,3)4)20-17(21)11-16-12-22-10-9-19-16/h5-8,13,16,19H,9-12H2,1-4H3,(H,20,21). The molecular weight excluding hydrogens is 292 g/mol. The Kier molecular flexibility index (Phi) is 5.93. The molecule has 2 unspecified atom stereocenters. The Hall–Kier alpha value is -1.00. The third kappa shape index (κ3) is 5.03. The Bertz CT molecular complexity index is 487.